The minimum atomic E-state index is -3.76. The Hall–Kier alpha value is -1.86. The Morgan fingerprint density at radius 3 is 1.88 bits per heavy atom. The molecule has 1 rings (SSSR count). The van der Waals surface area contributed by atoms with Crippen LogP contribution in [-0.2, 0) is 42.8 Å². The maximum absolute atomic E-state index is 12.0. The van der Waals surface area contributed by atoms with Crippen LogP contribution < -0.4 is 0 Å². The van der Waals surface area contributed by atoms with Crippen molar-refractivity contribution < 1.29 is 41.1 Å². The fourth-order valence-corrected chi connectivity index (χ4v) is 3.34. The molecule has 0 radical (unpaired) electrons. The van der Waals surface area contributed by atoms with Crippen molar-refractivity contribution in [2.24, 2.45) is 0 Å². The second kappa shape index (κ2) is 18.5. The molecule has 0 saturated heterocycles. The molecule has 0 aliphatic carbocycles. The van der Waals surface area contributed by atoms with Crippen molar-refractivity contribution >= 4 is 16.1 Å². The SMILES string of the molecule is COC(=O)/C=C/CN(C)CCOCCOCCOCCOCCOS(=O)(=O)c1ccc(C)cc1. The summed E-state index contributed by atoms with van der Waals surface area (Å²) < 4.78 is 55.1. The standard InChI is InChI=1S/C23H37NO9S/c1-21-6-8-22(9-7-21)34(26,27)33-20-19-32-18-17-31-16-15-30-14-13-29-12-11-24(2)10-4-5-23(25)28-3/h4-9H,10-20H2,1-3H3/b5-4+. The predicted molar refractivity (Wildman–Crippen MR) is 126 cm³/mol. The van der Waals surface area contributed by atoms with Gasteiger partial charge < -0.3 is 28.6 Å². The van der Waals surface area contributed by atoms with Gasteiger partial charge in [-0.3, -0.25) is 4.18 Å². The molecule has 11 heteroatoms. The number of aryl methyl sites for hydroxylation is 1. The topological polar surface area (TPSA) is 110 Å². The summed E-state index contributed by atoms with van der Waals surface area (Å²) in [5, 5.41) is 0. The number of carbonyl (C=O) groups is 1. The minimum Gasteiger partial charge on any atom is -0.466 e. The summed E-state index contributed by atoms with van der Waals surface area (Å²) >= 11 is 0. The maximum atomic E-state index is 12.0. The highest BCUT2D eigenvalue weighted by Crippen LogP contribution is 2.12. The van der Waals surface area contributed by atoms with E-state index in [1.54, 1.807) is 18.2 Å². The van der Waals surface area contributed by atoms with Gasteiger partial charge in [0.2, 0.25) is 0 Å². The number of hydrogen-bond donors (Lipinski definition) is 0. The number of esters is 1. The van der Waals surface area contributed by atoms with Gasteiger partial charge in [-0.25, -0.2) is 4.79 Å². The highest BCUT2D eigenvalue weighted by Gasteiger charge is 2.14. The summed E-state index contributed by atoms with van der Waals surface area (Å²) in [5.74, 6) is -0.366. The zero-order valence-corrected chi connectivity index (χ0v) is 21.1. The molecule has 0 bridgehead atoms. The van der Waals surface area contributed by atoms with E-state index in [4.69, 9.17) is 23.1 Å². The van der Waals surface area contributed by atoms with E-state index in [2.05, 4.69) is 4.74 Å². The second-order valence-electron chi connectivity index (χ2n) is 7.23. The molecule has 0 fully saturated rings. The Bertz CT molecular complexity index is 797. The van der Waals surface area contributed by atoms with Crippen LogP contribution in [0, 0.1) is 6.92 Å². The molecular formula is C23H37NO9S. The lowest BCUT2D eigenvalue weighted by atomic mass is 10.2. The first-order chi connectivity index (χ1) is 16.3. The average molecular weight is 504 g/mol. The highest BCUT2D eigenvalue weighted by atomic mass is 32.2. The van der Waals surface area contributed by atoms with Gasteiger partial charge in [-0.15, -0.1) is 0 Å². The molecule has 10 nitrogen and oxygen atoms in total. The van der Waals surface area contributed by atoms with Gasteiger partial charge in [-0.05, 0) is 26.1 Å². The van der Waals surface area contributed by atoms with Crippen LogP contribution >= 0.6 is 0 Å². The molecule has 1 aromatic rings. The molecule has 0 aliphatic heterocycles. The van der Waals surface area contributed by atoms with E-state index in [0.29, 0.717) is 52.8 Å². The van der Waals surface area contributed by atoms with Crippen molar-refractivity contribution in [3.63, 3.8) is 0 Å². The monoisotopic (exact) mass is 503 g/mol. The molecule has 0 atom stereocenters. The molecule has 194 valence electrons. The first-order valence-electron chi connectivity index (χ1n) is 11.0. The molecule has 0 saturated carbocycles. The lowest BCUT2D eigenvalue weighted by Crippen LogP contribution is -2.24. The molecule has 0 aromatic heterocycles. The third kappa shape index (κ3) is 15.1. The molecule has 0 heterocycles. The van der Waals surface area contributed by atoms with Crippen LogP contribution in [0.25, 0.3) is 0 Å². The minimum absolute atomic E-state index is 0.0562. The van der Waals surface area contributed by atoms with Gasteiger partial charge in [0.1, 0.15) is 0 Å². The van der Waals surface area contributed by atoms with Gasteiger partial charge in [0.05, 0.1) is 71.5 Å². The smallest absolute Gasteiger partial charge is 0.330 e. The average Bonchev–Trinajstić information content (AvgIpc) is 2.81. The number of likely N-dealkylation sites (N-methyl/N-ethyl adjacent to an activating group) is 1. The van der Waals surface area contributed by atoms with Crippen molar-refractivity contribution in [2.45, 2.75) is 11.8 Å². The van der Waals surface area contributed by atoms with Gasteiger partial charge in [-0.2, -0.15) is 8.42 Å². The zero-order chi connectivity index (χ0) is 25.1. The third-order valence-electron chi connectivity index (χ3n) is 4.38. The summed E-state index contributed by atoms with van der Waals surface area (Å²) in [6.45, 7) is 6.45. The molecule has 34 heavy (non-hydrogen) atoms. The summed E-state index contributed by atoms with van der Waals surface area (Å²) in [6, 6.07) is 6.47. The van der Waals surface area contributed by atoms with Crippen molar-refractivity contribution in [1.82, 2.24) is 4.90 Å². The molecule has 1 aromatic carbocycles. The zero-order valence-electron chi connectivity index (χ0n) is 20.3. The van der Waals surface area contributed by atoms with Crippen LogP contribution in [0.1, 0.15) is 5.56 Å². The second-order valence-corrected chi connectivity index (χ2v) is 8.84. The van der Waals surface area contributed by atoms with Gasteiger partial charge >= 0.3 is 5.97 Å². The van der Waals surface area contributed by atoms with E-state index in [-0.39, 0.29) is 24.1 Å². The van der Waals surface area contributed by atoms with Gasteiger partial charge in [0.15, 0.2) is 0 Å². The molecule has 0 aliphatic rings. The first-order valence-corrected chi connectivity index (χ1v) is 12.5. The van der Waals surface area contributed by atoms with Crippen LogP contribution in [-0.4, -0.2) is 106 Å². The van der Waals surface area contributed by atoms with Crippen LogP contribution in [0.15, 0.2) is 41.3 Å². The van der Waals surface area contributed by atoms with Crippen LogP contribution in [0.4, 0.5) is 0 Å². The van der Waals surface area contributed by atoms with E-state index >= 15 is 0 Å². The number of methoxy groups -OCH3 is 1. The summed E-state index contributed by atoms with van der Waals surface area (Å²) in [7, 11) is -0.486. The van der Waals surface area contributed by atoms with Crippen LogP contribution in [0.5, 0.6) is 0 Å². The summed E-state index contributed by atoms with van der Waals surface area (Å²) in [6.07, 6.45) is 3.14. The molecule has 0 N–H and O–H groups in total. The highest BCUT2D eigenvalue weighted by molar-refractivity contribution is 7.86. The first kappa shape index (κ1) is 30.2. The Labute approximate surface area is 202 Å². The Kier molecular flexibility index (Phi) is 16.4. The Morgan fingerprint density at radius 2 is 1.35 bits per heavy atom. The van der Waals surface area contributed by atoms with Crippen LogP contribution in [0.2, 0.25) is 0 Å². The van der Waals surface area contributed by atoms with E-state index in [1.165, 1.54) is 25.3 Å². The maximum Gasteiger partial charge on any atom is 0.330 e. The number of hydrogen-bond acceptors (Lipinski definition) is 10. The molecular weight excluding hydrogens is 466 g/mol. The van der Waals surface area contributed by atoms with Crippen molar-refractivity contribution in [1.29, 1.82) is 0 Å². The molecule has 0 unspecified atom stereocenters. The van der Waals surface area contributed by atoms with Gasteiger partial charge in [0, 0.05) is 19.2 Å². The van der Waals surface area contributed by atoms with Crippen LogP contribution in [0.3, 0.4) is 0 Å². The van der Waals surface area contributed by atoms with Crippen molar-refractivity contribution in [2.75, 3.05) is 86.7 Å². The number of ether oxygens (including phenoxy) is 5. The molecule has 0 amide bonds. The fraction of sp³-hybridized carbons (Fsp3) is 0.609. The third-order valence-corrected chi connectivity index (χ3v) is 5.71. The lowest BCUT2D eigenvalue weighted by molar-refractivity contribution is -0.134. The van der Waals surface area contributed by atoms with E-state index in [0.717, 1.165) is 12.1 Å². The van der Waals surface area contributed by atoms with Crippen molar-refractivity contribution in [3.05, 3.63) is 42.0 Å². The largest absolute Gasteiger partial charge is 0.466 e. The normalized spacial score (nSPS) is 12.0. The van der Waals surface area contributed by atoms with Gasteiger partial charge in [0.25, 0.3) is 10.1 Å². The van der Waals surface area contributed by atoms with Gasteiger partial charge in [-0.1, -0.05) is 23.8 Å². The van der Waals surface area contributed by atoms with E-state index in [1.807, 2.05) is 18.9 Å². The summed E-state index contributed by atoms with van der Waals surface area (Å²) in [4.78, 5) is 13.1. The summed E-state index contributed by atoms with van der Waals surface area (Å²) in [5.41, 5.74) is 0.976. The Balaban J connectivity index is 1.87. The molecule has 0 spiro atoms. The lowest BCUT2D eigenvalue weighted by Gasteiger charge is -2.14. The number of rotatable bonds is 20. The fourth-order valence-electron chi connectivity index (χ4n) is 2.45. The van der Waals surface area contributed by atoms with E-state index in [9.17, 15) is 13.2 Å². The quantitative estimate of drug-likeness (QED) is 0.112. The van der Waals surface area contributed by atoms with Crippen molar-refractivity contribution in [3.8, 4) is 0 Å². The predicted octanol–water partition coefficient (Wildman–Crippen LogP) is 1.43. The Morgan fingerprint density at radius 1 is 0.853 bits per heavy atom. The number of benzene rings is 1. The number of nitrogens with zero attached hydrogens (tertiary/aromatic N) is 1. The van der Waals surface area contributed by atoms with E-state index < -0.39 is 10.1 Å². The number of carbonyl (C=O) groups excluding carboxylic acids is 1.